The smallest absolute Gasteiger partial charge is 0.307 e. The second-order valence-corrected chi connectivity index (χ2v) is 6.43. The molecule has 0 atom stereocenters. The molecular weight excluding hydrogens is 338 g/mol. The van der Waals surface area contributed by atoms with Gasteiger partial charge in [-0.3, -0.25) is 4.79 Å². The standard InChI is InChI=1S/C23H19NO3/c25-23(26)14-18-16-24(22-9-5-4-8-21(18)22)15-17-10-12-20(13-11-17)27-19-6-2-1-3-7-19/h1-13,16H,14-15H2,(H,25,26). The Hall–Kier alpha value is -3.53. The lowest BCUT2D eigenvalue weighted by Gasteiger charge is -2.08. The molecule has 0 bridgehead atoms. The minimum Gasteiger partial charge on any atom is -0.481 e. The average molecular weight is 357 g/mol. The van der Waals surface area contributed by atoms with Crippen molar-refractivity contribution < 1.29 is 14.6 Å². The number of carbonyl (C=O) groups is 1. The number of carboxylic acids is 1. The van der Waals surface area contributed by atoms with E-state index in [4.69, 9.17) is 9.84 Å². The van der Waals surface area contributed by atoms with E-state index in [-0.39, 0.29) is 6.42 Å². The van der Waals surface area contributed by atoms with E-state index < -0.39 is 5.97 Å². The van der Waals surface area contributed by atoms with Crippen LogP contribution in [0.4, 0.5) is 0 Å². The van der Waals surface area contributed by atoms with Gasteiger partial charge in [-0.2, -0.15) is 0 Å². The lowest BCUT2D eigenvalue weighted by molar-refractivity contribution is -0.136. The van der Waals surface area contributed by atoms with E-state index in [1.54, 1.807) is 0 Å². The number of hydrogen-bond donors (Lipinski definition) is 1. The molecule has 0 fully saturated rings. The monoisotopic (exact) mass is 357 g/mol. The first-order chi connectivity index (χ1) is 13.2. The predicted octanol–water partition coefficient (Wildman–Crippen LogP) is 5.11. The third kappa shape index (κ3) is 3.85. The molecule has 1 aromatic heterocycles. The molecule has 4 aromatic rings. The molecule has 1 heterocycles. The number of benzene rings is 3. The number of carboxylic acid groups (broad SMARTS) is 1. The lowest BCUT2D eigenvalue weighted by Crippen LogP contribution is -2.00. The number of fused-ring (bicyclic) bond motifs is 1. The zero-order valence-corrected chi connectivity index (χ0v) is 14.7. The first-order valence-corrected chi connectivity index (χ1v) is 8.79. The minimum atomic E-state index is -0.819. The summed E-state index contributed by atoms with van der Waals surface area (Å²) in [6.45, 7) is 0.672. The number of ether oxygens (including phenoxy) is 1. The van der Waals surface area contributed by atoms with E-state index in [1.165, 1.54) is 0 Å². The fourth-order valence-corrected chi connectivity index (χ4v) is 3.24. The van der Waals surface area contributed by atoms with Gasteiger partial charge in [-0.05, 0) is 41.5 Å². The summed E-state index contributed by atoms with van der Waals surface area (Å²) < 4.78 is 7.93. The van der Waals surface area contributed by atoms with Crippen LogP contribution >= 0.6 is 0 Å². The van der Waals surface area contributed by atoms with E-state index >= 15 is 0 Å². The molecule has 0 aliphatic heterocycles. The van der Waals surface area contributed by atoms with Gasteiger partial charge in [0.2, 0.25) is 0 Å². The summed E-state index contributed by atoms with van der Waals surface area (Å²) in [6.07, 6.45) is 1.96. The highest BCUT2D eigenvalue weighted by Gasteiger charge is 2.11. The lowest BCUT2D eigenvalue weighted by atomic mass is 10.1. The molecule has 0 saturated carbocycles. The SMILES string of the molecule is O=C(O)Cc1cn(Cc2ccc(Oc3ccccc3)cc2)c2ccccc12. The Labute approximate surface area is 157 Å². The summed E-state index contributed by atoms with van der Waals surface area (Å²) in [5.41, 5.74) is 3.00. The Balaban J connectivity index is 1.56. The largest absolute Gasteiger partial charge is 0.481 e. The number of aliphatic carboxylic acids is 1. The number of aromatic nitrogens is 1. The molecule has 0 amide bonds. The van der Waals surface area contributed by atoms with Crippen molar-refractivity contribution in [1.82, 2.24) is 4.57 Å². The average Bonchev–Trinajstić information content (AvgIpc) is 3.01. The van der Waals surface area contributed by atoms with E-state index in [9.17, 15) is 4.79 Å². The Morgan fingerprint density at radius 2 is 1.52 bits per heavy atom. The van der Waals surface area contributed by atoms with Crippen LogP contribution in [0.5, 0.6) is 11.5 Å². The van der Waals surface area contributed by atoms with Gasteiger partial charge in [0.15, 0.2) is 0 Å². The van der Waals surface area contributed by atoms with Gasteiger partial charge in [0, 0.05) is 23.6 Å². The van der Waals surface area contributed by atoms with Crippen molar-refractivity contribution >= 4 is 16.9 Å². The summed E-state index contributed by atoms with van der Waals surface area (Å²) in [6, 6.07) is 25.5. The van der Waals surface area contributed by atoms with Crippen molar-refractivity contribution in [1.29, 1.82) is 0 Å². The van der Waals surface area contributed by atoms with Gasteiger partial charge < -0.3 is 14.4 Å². The minimum absolute atomic E-state index is 0.0252. The number of hydrogen-bond acceptors (Lipinski definition) is 2. The molecular formula is C23H19NO3. The highest BCUT2D eigenvalue weighted by atomic mass is 16.5. The maximum absolute atomic E-state index is 11.1. The van der Waals surface area contributed by atoms with E-state index in [2.05, 4.69) is 4.57 Å². The molecule has 27 heavy (non-hydrogen) atoms. The van der Waals surface area contributed by atoms with E-state index in [1.807, 2.05) is 85.1 Å². The molecule has 134 valence electrons. The normalized spacial score (nSPS) is 10.8. The van der Waals surface area contributed by atoms with Crippen molar-refractivity contribution in [3.05, 3.63) is 96.2 Å². The van der Waals surface area contributed by atoms with Crippen LogP contribution in [0.15, 0.2) is 85.1 Å². The number of para-hydroxylation sites is 2. The van der Waals surface area contributed by atoms with Gasteiger partial charge in [0.1, 0.15) is 11.5 Å². The topological polar surface area (TPSA) is 51.5 Å². The quantitative estimate of drug-likeness (QED) is 0.522. The maximum atomic E-state index is 11.1. The molecule has 3 aromatic carbocycles. The number of nitrogens with zero attached hydrogens (tertiary/aromatic N) is 1. The van der Waals surface area contributed by atoms with Crippen molar-refractivity contribution in [3.8, 4) is 11.5 Å². The Morgan fingerprint density at radius 3 is 2.26 bits per heavy atom. The molecule has 0 saturated heterocycles. The van der Waals surface area contributed by atoms with Crippen LogP contribution in [0.1, 0.15) is 11.1 Å². The van der Waals surface area contributed by atoms with Crippen molar-refractivity contribution in [2.75, 3.05) is 0 Å². The molecule has 0 spiro atoms. The van der Waals surface area contributed by atoms with Gasteiger partial charge >= 0.3 is 5.97 Å². The molecule has 4 nitrogen and oxygen atoms in total. The third-order valence-corrected chi connectivity index (χ3v) is 4.47. The van der Waals surface area contributed by atoms with Gasteiger partial charge in [-0.15, -0.1) is 0 Å². The van der Waals surface area contributed by atoms with Crippen LogP contribution in [0, 0.1) is 0 Å². The summed E-state index contributed by atoms with van der Waals surface area (Å²) in [7, 11) is 0. The Morgan fingerprint density at radius 1 is 0.852 bits per heavy atom. The molecule has 0 radical (unpaired) electrons. The Kier molecular flexibility index (Phi) is 4.62. The van der Waals surface area contributed by atoms with Crippen LogP contribution < -0.4 is 4.74 Å². The highest BCUT2D eigenvalue weighted by molar-refractivity contribution is 5.87. The van der Waals surface area contributed by atoms with Crippen molar-refractivity contribution in [2.45, 2.75) is 13.0 Å². The van der Waals surface area contributed by atoms with Crippen LogP contribution in [0.2, 0.25) is 0 Å². The van der Waals surface area contributed by atoms with E-state index in [0.29, 0.717) is 6.54 Å². The Bertz CT molecular complexity index is 1070. The first kappa shape index (κ1) is 16.9. The van der Waals surface area contributed by atoms with Crippen LogP contribution in [0.3, 0.4) is 0 Å². The highest BCUT2D eigenvalue weighted by Crippen LogP contribution is 2.25. The van der Waals surface area contributed by atoms with Crippen LogP contribution in [0.25, 0.3) is 10.9 Å². The second-order valence-electron chi connectivity index (χ2n) is 6.43. The summed E-state index contributed by atoms with van der Waals surface area (Å²) in [4.78, 5) is 11.1. The maximum Gasteiger partial charge on any atom is 0.307 e. The zero-order chi connectivity index (χ0) is 18.6. The predicted molar refractivity (Wildman–Crippen MR) is 105 cm³/mol. The molecule has 4 rings (SSSR count). The zero-order valence-electron chi connectivity index (χ0n) is 14.7. The summed E-state index contributed by atoms with van der Waals surface area (Å²) in [5.74, 6) is 0.772. The molecule has 1 N–H and O–H groups in total. The third-order valence-electron chi connectivity index (χ3n) is 4.47. The fraction of sp³-hybridized carbons (Fsp3) is 0.0870. The molecule has 0 aliphatic rings. The van der Waals surface area contributed by atoms with E-state index in [0.717, 1.165) is 33.5 Å². The number of rotatable bonds is 6. The first-order valence-electron chi connectivity index (χ1n) is 8.79. The van der Waals surface area contributed by atoms with Gasteiger partial charge in [0.25, 0.3) is 0 Å². The van der Waals surface area contributed by atoms with Crippen molar-refractivity contribution in [2.24, 2.45) is 0 Å². The summed E-state index contributed by atoms with van der Waals surface area (Å²) in [5, 5.41) is 10.1. The van der Waals surface area contributed by atoms with Gasteiger partial charge in [-0.1, -0.05) is 48.5 Å². The van der Waals surface area contributed by atoms with Crippen LogP contribution in [-0.4, -0.2) is 15.6 Å². The fourth-order valence-electron chi connectivity index (χ4n) is 3.24. The van der Waals surface area contributed by atoms with Crippen molar-refractivity contribution in [3.63, 3.8) is 0 Å². The molecule has 4 heteroatoms. The van der Waals surface area contributed by atoms with Crippen LogP contribution in [-0.2, 0) is 17.8 Å². The molecule has 0 unspecified atom stereocenters. The molecule has 0 aliphatic carbocycles. The second kappa shape index (κ2) is 7.38. The van der Waals surface area contributed by atoms with Gasteiger partial charge in [0.05, 0.1) is 6.42 Å². The summed E-state index contributed by atoms with van der Waals surface area (Å²) >= 11 is 0. The van der Waals surface area contributed by atoms with Gasteiger partial charge in [-0.25, -0.2) is 0 Å².